The van der Waals surface area contributed by atoms with Gasteiger partial charge in [0, 0.05) is 6.07 Å². The molecule has 88 valence electrons. The van der Waals surface area contributed by atoms with Crippen LogP contribution in [0.25, 0.3) is 0 Å². The van der Waals surface area contributed by atoms with Crippen LogP contribution in [0.3, 0.4) is 0 Å². The fourth-order valence-electron chi connectivity index (χ4n) is 0.831. The van der Waals surface area contributed by atoms with Gasteiger partial charge in [0.05, 0.1) is 6.20 Å². The molecule has 0 radical (unpaired) electrons. The van der Waals surface area contributed by atoms with Crippen LogP contribution in [0.4, 0.5) is 28.0 Å². The molecule has 0 unspecified atom stereocenters. The number of alkyl halides is 3. The maximum atomic E-state index is 12.5. The van der Waals surface area contributed by atoms with Crippen LogP contribution in [-0.2, 0) is 0 Å². The van der Waals surface area contributed by atoms with E-state index in [0.29, 0.717) is 12.3 Å². The zero-order chi connectivity index (χ0) is 12.3. The number of nitrogens with one attached hydrogen (secondary N) is 1. The molecular formula is C7H4F4N2O3. The number of halogens is 4. The molecule has 0 aliphatic heterocycles. The van der Waals surface area contributed by atoms with Crippen molar-refractivity contribution in [3.63, 3.8) is 0 Å². The van der Waals surface area contributed by atoms with Gasteiger partial charge in [-0.3, -0.25) is 5.32 Å². The highest BCUT2D eigenvalue weighted by Gasteiger charge is 2.32. The second-order valence-corrected chi connectivity index (χ2v) is 2.48. The summed E-state index contributed by atoms with van der Waals surface area (Å²) in [5.74, 6) is -2.24. The molecule has 1 aromatic heterocycles. The fraction of sp³-hybridized carbons (Fsp3) is 0.143. The molecule has 0 saturated carbocycles. The summed E-state index contributed by atoms with van der Waals surface area (Å²) in [7, 11) is 0. The third-order valence-electron chi connectivity index (χ3n) is 1.30. The zero-order valence-corrected chi connectivity index (χ0v) is 7.38. The van der Waals surface area contributed by atoms with Crippen LogP contribution >= 0.6 is 0 Å². The van der Waals surface area contributed by atoms with Crippen molar-refractivity contribution in [3.05, 3.63) is 18.2 Å². The summed E-state index contributed by atoms with van der Waals surface area (Å²) in [6.07, 6.45) is -6.10. The van der Waals surface area contributed by atoms with E-state index in [1.807, 2.05) is 0 Å². The Hall–Kier alpha value is -2.06. The first-order valence-corrected chi connectivity index (χ1v) is 3.69. The van der Waals surface area contributed by atoms with E-state index in [9.17, 15) is 22.4 Å². The molecule has 0 saturated heterocycles. The van der Waals surface area contributed by atoms with Crippen molar-refractivity contribution in [1.82, 2.24) is 4.98 Å². The first-order valence-electron chi connectivity index (χ1n) is 3.69. The molecule has 1 rings (SSSR count). The van der Waals surface area contributed by atoms with Crippen LogP contribution in [-0.4, -0.2) is 22.5 Å². The van der Waals surface area contributed by atoms with E-state index in [1.54, 1.807) is 5.32 Å². The maximum absolute atomic E-state index is 12.5. The van der Waals surface area contributed by atoms with Crippen LogP contribution in [0.1, 0.15) is 0 Å². The quantitative estimate of drug-likeness (QED) is 0.614. The number of carbonyl (C=O) groups is 1. The predicted octanol–water partition coefficient (Wildman–Crippen LogP) is 2.21. The number of nitrogens with zero attached hydrogens (tertiary/aromatic N) is 1. The molecule has 0 atom stereocenters. The number of pyridine rings is 1. The van der Waals surface area contributed by atoms with Gasteiger partial charge in [-0.15, -0.1) is 13.2 Å². The minimum Gasteiger partial charge on any atom is -0.465 e. The molecule has 0 aliphatic rings. The van der Waals surface area contributed by atoms with Gasteiger partial charge in [0.25, 0.3) is 0 Å². The highest BCUT2D eigenvalue weighted by Crippen LogP contribution is 2.29. The number of ether oxygens (including phenoxy) is 1. The van der Waals surface area contributed by atoms with Crippen molar-refractivity contribution in [1.29, 1.82) is 0 Å². The Bertz CT molecular complexity index is 407. The number of hydrogen-bond acceptors (Lipinski definition) is 3. The summed E-state index contributed by atoms with van der Waals surface area (Å²) in [5.41, 5.74) is -0.605. The lowest BCUT2D eigenvalue weighted by Gasteiger charge is -2.12. The van der Waals surface area contributed by atoms with Crippen molar-refractivity contribution in [2.45, 2.75) is 6.36 Å². The van der Waals surface area contributed by atoms with Crippen molar-refractivity contribution in [2.24, 2.45) is 0 Å². The molecule has 9 heteroatoms. The number of amides is 1. The minimum atomic E-state index is -5.05. The van der Waals surface area contributed by atoms with Gasteiger partial charge in [-0.05, 0) is 0 Å². The van der Waals surface area contributed by atoms with Crippen LogP contribution in [0.15, 0.2) is 12.3 Å². The van der Waals surface area contributed by atoms with Crippen LogP contribution < -0.4 is 10.1 Å². The van der Waals surface area contributed by atoms with E-state index < -0.39 is 29.8 Å². The summed E-state index contributed by atoms with van der Waals surface area (Å²) >= 11 is 0. The number of carboxylic acid groups (broad SMARTS) is 1. The van der Waals surface area contributed by atoms with Crippen molar-refractivity contribution < 1.29 is 32.2 Å². The molecule has 0 bridgehead atoms. The van der Waals surface area contributed by atoms with Crippen molar-refractivity contribution in [2.75, 3.05) is 5.32 Å². The lowest BCUT2D eigenvalue weighted by atomic mass is 10.4. The minimum absolute atomic E-state index is 0.318. The molecule has 5 nitrogen and oxygen atoms in total. The highest BCUT2D eigenvalue weighted by atomic mass is 19.4. The smallest absolute Gasteiger partial charge is 0.465 e. The Morgan fingerprint density at radius 3 is 2.62 bits per heavy atom. The Balaban J connectivity index is 3.03. The molecule has 0 spiro atoms. The Morgan fingerprint density at radius 1 is 1.50 bits per heavy atom. The monoisotopic (exact) mass is 240 g/mol. The first-order chi connectivity index (χ1) is 7.28. The summed E-state index contributed by atoms with van der Waals surface area (Å²) in [5, 5.41) is 9.88. The first kappa shape index (κ1) is 12.0. The predicted molar refractivity (Wildman–Crippen MR) is 42.5 cm³/mol. The number of aromatic nitrogens is 1. The van der Waals surface area contributed by atoms with E-state index in [2.05, 4.69) is 9.72 Å². The average Bonchev–Trinajstić information content (AvgIpc) is 2.06. The van der Waals surface area contributed by atoms with E-state index in [0.717, 1.165) is 0 Å². The van der Waals surface area contributed by atoms with Gasteiger partial charge in [0.2, 0.25) is 5.95 Å². The normalized spacial score (nSPS) is 11.0. The summed E-state index contributed by atoms with van der Waals surface area (Å²) in [6, 6.07) is 0.318. The molecule has 0 fully saturated rings. The van der Waals surface area contributed by atoms with E-state index in [4.69, 9.17) is 5.11 Å². The topological polar surface area (TPSA) is 71.5 Å². The molecule has 16 heavy (non-hydrogen) atoms. The van der Waals surface area contributed by atoms with Gasteiger partial charge in [0.1, 0.15) is 5.69 Å². The second-order valence-electron chi connectivity index (χ2n) is 2.48. The summed E-state index contributed by atoms with van der Waals surface area (Å²) < 4.78 is 51.5. The molecule has 1 heterocycles. The fourth-order valence-corrected chi connectivity index (χ4v) is 0.831. The maximum Gasteiger partial charge on any atom is 0.573 e. The lowest BCUT2D eigenvalue weighted by Crippen LogP contribution is -2.19. The molecule has 0 aromatic carbocycles. The largest absolute Gasteiger partial charge is 0.573 e. The van der Waals surface area contributed by atoms with Crippen molar-refractivity contribution >= 4 is 11.8 Å². The highest BCUT2D eigenvalue weighted by molar-refractivity contribution is 5.84. The van der Waals surface area contributed by atoms with E-state index in [1.165, 1.54) is 0 Å². The summed E-state index contributed by atoms with van der Waals surface area (Å²) in [4.78, 5) is 13.2. The SMILES string of the molecule is O=C(O)Nc1cnc(F)cc1OC(F)(F)F. The standard InChI is InChI=1S/C7H4F4N2O3/c8-5-1-4(16-7(9,10)11)3(2-12-5)13-6(14)15/h1-2,13H,(H,14,15). The zero-order valence-electron chi connectivity index (χ0n) is 7.38. The van der Waals surface area contributed by atoms with Gasteiger partial charge in [0.15, 0.2) is 5.75 Å². The van der Waals surface area contributed by atoms with Gasteiger partial charge in [-0.1, -0.05) is 0 Å². The Morgan fingerprint density at radius 2 is 2.12 bits per heavy atom. The molecule has 1 amide bonds. The number of rotatable bonds is 2. The molecule has 0 aliphatic carbocycles. The van der Waals surface area contributed by atoms with Gasteiger partial charge in [-0.2, -0.15) is 4.39 Å². The molecular weight excluding hydrogens is 236 g/mol. The third kappa shape index (κ3) is 3.59. The van der Waals surface area contributed by atoms with E-state index >= 15 is 0 Å². The number of hydrogen-bond donors (Lipinski definition) is 2. The van der Waals surface area contributed by atoms with Gasteiger partial charge >= 0.3 is 12.5 Å². The molecule has 1 aromatic rings. The van der Waals surface area contributed by atoms with Crippen LogP contribution in [0, 0.1) is 5.95 Å². The van der Waals surface area contributed by atoms with Gasteiger partial charge < -0.3 is 9.84 Å². The average molecular weight is 240 g/mol. The number of anilines is 1. The Labute approximate surface area is 85.7 Å². The van der Waals surface area contributed by atoms with E-state index in [-0.39, 0.29) is 0 Å². The van der Waals surface area contributed by atoms with Crippen LogP contribution in [0.5, 0.6) is 5.75 Å². The molecule has 2 N–H and O–H groups in total. The van der Waals surface area contributed by atoms with Crippen LogP contribution in [0.2, 0.25) is 0 Å². The van der Waals surface area contributed by atoms with Gasteiger partial charge in [-0.25, -0.2) is 9.78 Å². The van der Waals surface area contributed by atoms with Crippen molar-refractivity contribution in [3.8, 4) is 5.75 Å². The lowest BCUT2D eigenvalue weighted by molar-refractivity contribution is -0.274. The summed E-state index contributed by atoms with van der Waals surface area (Å²) in [6.45, 7) is 0. The Kier molecular flexibility index (Phi) is 3.16. The second kappa shape index (κ2) is 4.21. The third-order valence-corrected chi connectivity index (χ3v) is 1.30.